The smallest absolute Gasteiger partial charge is 0.234 e. The average molecular weight is 303 g/mol. The topological polar surface area (TPSA) is 20.3 Å². The fraction of sp³-hybridized carbons (Fsp3) is 0.190. The number of nitrogens with zero attached hydrogens (tertiary/aromatic N) is 1. The summed E-state index contributed by atoms with van der Waals surface area (Å²) >= 11 is 0. The van der Waals surface area contributed by atoms with Crippen molar-refractivity contribution in [2.24, 2.45) is 0 Å². The van der Waals surface area contributed by atoms with Gasteiger partial charge in [0.1, 0.15) is 0 Å². The minimum absolute atomic E-state index is 0.104. The van der Waals surface area contributed by atoms with E-state index < -0.39 is 0 Å². The Labute approximate surface area is 137 Å². The summed E-state index contributed by atoms with van der Waals surface area (Å²) in [6.45, 7) is 2.06. The van der Waals surface area contributed by atoms with E-state index in [1.807, 2.05) is 55.6 Å². The second-order valence-electron chi connectivity index (χ2n) is 5.80. The summed E-state index contributed by atoms with van der Waals surface area (Å²) in [5, 5.41) is 2.34. The first-order valence-corrected chi connectivity index (χ1v) is 8.02. The highest BCUT2D eigenvalue weighted by Gasteiger charge is 2.23. The van der Waals surface area contributed by atoms with Gasteiger partial charge in [0, 0.05) is 12.7 Å². The van der Waals surface area contributed by atoms with Crippen LogP contribution in [0, 0.1) is 0 Å². The number of carbonyl (C=O) groups is 1. The molecule has 1 atom stereocenters. The van der Waals surface area contributed by atoms with E-state index >= 15 is 0 Å². The lowest BCUT2D eigenvalue weighted by molar-refractivity contribution is -0.119. The van der Waals surface area contributed by atoms with E-state index in [9.17, 15) is 4.79 Å². The van der Waals surface area contributed by atoms with Crippen LogP contribution in [0.15, 0.2) is 72.8 Å². The number of hydrogen-bond acceptors (Lipinski definition) is 1. The molecule has 0 aliphatic rings. The number of hydrogen-bond donors (Lipinski definition) is 0. The quantitative estimate of drug-likeness (QED) is 0.664. The number of benzene rings is 3. The fourth-order valence-electron chi connectivity index (χ4n) is 2.98. The summed E-state index contributed by atoms with van der Waals surface area (Å²) in [5.41, 5.74) is 2.01. The number of amides is 1. The van der Waals surface area contributed by atoms with Gasteiger partial charge in [0.25, 0.3) is 0 Å². The Morgan fingerprint density at radius 3 is 2.26 bits per heavy atom. The maximum atomic E-state index is 12.9. The number of anilines is 1. The summed E-state index contributed by atoms with van der Waals surface area (Å²) in [6.07, 6.45) is 0.792. The molecule has 0 heterocycles. The molecule has 1 amide bonds. The van der Waals surface area contributed by atoms with E-state index in [4.69, 9.17) is 0 Å². The third-order valence-corrected chi connectivity index (χ3v) is 4.36. The Hall–Kier alpha value is -2.61. The monoisotopic (exact) mass is 303 g/mol. The zero-order valence-electron chi connectivity index (χ0n) is 13.6. The van der Waals surface area contributed by atoms with Crippen LogP contribution in [-0.4, -0.2) is 13.0 Å². The Kier molecular flexibility index (Phi) is 4.42. The summed E-state index contributed by atoms with van der Waals surface area (Å²) in [5.74, 6) is 0.0293. The van der Waals surface area contributed by atoms with Crippen molar-refractivity contribution in [3.63, 3.8) is 0 Å². The van der Waals surface area contributed by atoms with E-state index in [-0.39, 0.29) is 11.8 Å². The highest BCUT2D eigenvalue weighted by molar-refractivity contribution is 5.99. The SMILES string of the molecule is CCC(C(=O)N(C)c1ccc2ccccc2c1)c1ccccc1. The molecule has 0 aromatic heterocycles. The van der Waals surface area contributed by atoms with Gasteiger partial charge < -0.3 is 4.90 Å². The van der Waals surface area contributed by atoms with Gasteiger partial charge in [-0.05, 0) is 34.9 Å². The third kappa shape index (κ3) is 3.11. The maximum absolute atomic E-state index is 12.9. The van der Waals surface area contributed by atoms with Crippen molar-refractivity contribution >= 4 is 22.4 Å². The van der Waals surface area contributed by atoms with Crippen LogP contribution in [0.4, 0.5) is 5.69 Å². The molecule has 0 saturated carbocycles. The van der Waals surface area contributed by atoms with Gasteiger partial charge in [0.15, 0.2) is 0 Å². The van der Waals surface area contributed by atoms with Crippen LogP contribution < -0.4 is 4.90 Å². The van der Waals surface area contributed by atoms with E-state index in [2.05, 4.69) is 31.2 Å². The van der Waals surface area contributed by atoms with Crippen LogP contribution in [0.3, 0.4) is 0 Å². The van der Waals surface area contributed by atoms with Gasteiger partial charge in [-0.1, -0.05) is 67.6 Å². The second-order valence-corrected chi connectivity index (χ2v) is 5.80. The van der Waals surface area contributed by atoms with E-state index in [1.165, 1.54) is 5.39 Å². The largest absolute Gasteiger partial charge is 0.315 e. The number of likely N-dealkylation sites (N-methyl/N-ethyl adjacent to an activating group) is 1. The second kappa shape index (κ2) is 6.66. The average Bonchev–Trinajstić information content (AvgIpc) is 2.62. The van der Waals surface area contributed by atoms with Crippen molar-refractivity contribution in [2.45, 2.75) is 19.3 Å². The van der Waals surface area contributed by atoms with Gasteiger partial charge in [-0.2, -0.15) is 0 Å². The van der Waals surface area contributed by atoms with Crippen molar-refractivity contribution in [1.29, 1.82) is 0 Å². The zero-order chi connectivity index (χ0) is 16.2. The molecule has 0 bridgehead atoms. The molecule has 23 heavy (non-hydrogen) atoms. The summed E-state index contributed by atoms with van der Waals surface area (Å²) in [7, 11) is 1.86. The molecule has 2 nitrogen and oxygen atoms in total. The molecular formula is C21H21NO. The molecule has 0 fully saturated rings. The van der Waals surface area contributed by atoms with Gasteiger partial charge in [-0.25, -0.2) is 0 Å². The predicted molar refractivity (Wildman–Crippen MR) is 96.8 cm³/mol. The third-order valence-electron chi connectivity index (χ3n) is 4.36. The number of rotatable bonds is 4. The highest BCUT2D eigenvalue weighted by atomic mass is 16.2. The Bertz CT molecular complexity index is 810. The van der Waals surface area contributed by atoms with Gasteiger partial charge in [0.05, 0.1) is 5.92 Å². The molecule has 0 saturated heterocycles. The minimum Gasteiger partial charge on any atom is -0.315 e. The first-order valence-electron chi connectivity index (χ1n) is 8.02. The Morgan fingerprint density at radius 1 is 0.913 bits per heavy atom. The standard InChI is InChI=1S/C21H21NO/c1-3-20(17-10-5-4-6-11-17)21(23)22(2)19-14-13-16-9-7-8-12-18(16)15-19/h4-15,20H,3H2,1-2H3. The predicted octanol–water partition coefficient (Wildman–Crippen LogP) is 5.00. The lowest BCUT2D eigenvalue weighted by atomic mass is 9.95. The molecule has 116 valence electrons. The molecule has 0 aliphatic heterocycles. The first-order chi connectivity index (χ1) is 11.2. The van der Waals surface area contributed by atoms with Crippen molar-refractivity contribution < 1.29 is 4.79 Å². The zero-order valence-corrected chi connectivity index (χ0v) is 13.6. The fourth-order valence-corrected chi connectivity index (χ4v) is 2.98. The molecule has 0 radical (unpaired) electrons. The summed E-state index contributed by atoms with van der Waals surface area (Å²) < 4.78 is 0. The maximum Gasteiger partial charge on any atom is 0.234 e. The van der Waals surface area contributed by atoms with Gasteiger partial charge in [-0.3, -0.25) is 4.79 Å². The molecular weight excluding hydrogens is 282 g/mol. The van der Waals surface area contributed by atoms with Crippen molar-refractivity contribution in [2.75, 3.05) is 11.9 Å². The van der Waals surface area contributed by atoms with Crippen LogP contribution in [0.5, 0.6) is 0 Å². The summed E-state index contributed by atoms with van der Waals surface area (Å²) in [4.78, 5) is 14.7. The van der Waals surface area contributed by atoms with Crippen molar-refractivity contribution in [3.05, 3.63) is 78.4 Å². The van der Waals surface area contributed by atoms with Crippen LogP contribution in [-0.2, 0) is 4.79 Å². The van der Waals surface area contributed by atoms with Crippen molar-refractivity contribution in [3.8, 4) is 0 Å². The van der Waals surface area contributed by atoms with Gasteiger partial charge in [-0.15, -0.1) is 0 Å². The number of fused-ring (bicyclic) bond motifs is 1. The lowest BCUT2D eigenvalue weighted by Gasteiger charge is -2.24. The van der Waals surface area contributed by atoms with E-state index in [1.54, 1.807) is 4.90 Å². The molecule has 3 aromatic carbocycles. The number of carbonyl (C=O) groups excluding carboxylic acids is 1. The van der Waals surface area contributed by atoms with E-state index in [0.29, 0.717) is 0 Å². The molecule has 0 spiro atoms. The van der Waals surface area contributed by atoms with Crippen LogP contribution in [0.2, 0.25) is 0 Å². The van der Waals surface area contributed by atoms with Crippen LogP contribution in [0.25, 0.3) is 10.8 Å². The van der Waals surface area contributed by atoms with Crippen molar-refractivity contribution in [1.82, 2.24) is 0 Å². The minimum atomic E-state index is -0.104. The van der Waals surface area contributed by atoms with E-state index in [0.717, 1.165) is 23.1 Å². The van der Waals surface area contributed by atoms with Crippen LogP contribution in [0.1, 0.15) is 24.8 Å². The molecule has 3 aromatic rings. The molecule has 1 unspecified atom stereocenters. The molecule has 0 aliphatic carbocycles. The lowest BCUT2D eigenvalue weighted by Crippen LogP contribution is -2.31. The molecule has 3 rings (SSSR count). The molecule has 2 heteroatoms. The first kappa shape index (κ1) is 15.3. The normalized spacial score (nSPS) is 12.1. The molecule has 0 N–H and O–H groups in total. The Balaban J connectivity index is 1.90. The highest BCUT2D eigenvalue weighted by Crippen LogP contribution is 2.26. The van der Waals surface area contributed by atoms with Crippen LogP contribution >= 0.6 is 0 Å². The Morgan fingerprint density at radius 2 is 1.57 bits per heavy atom. The van der Waals surface area contributed by atoms with Gasteiger partial charge in [0.2, 0.25) is 5.91 Å². The summed E-state index contributed by atoms with van der Waals surface area (Å²) in [6, 6.07) is 24.4. The van der Waals surface area contributed by atoms with Gasteiger partial charge >= 0.3 is 0 Å².